The van der Waals surface area contributed by atoms with Crippen LogP contribution in [0.3, 0.4) is 0 Å². The van der Waals surface area contributed by atoms with Gasteiger partial charge in [0.15, 0.2) is 12.4 Å². The number of aliphatic carboxylic acids is 1. The zero-order chi connectivity index (χ0) is 20.6. The van der Waals surface area contributed by atoms with E-state index in [-0.39, 0.29) is 0 Å². The fourth-order valence-corrected chi connectivity index (χ4v) is 2.44. The first-order valence-corrected chi connectivity index (χ1v) is 8.82. The molecule has 0 fully saturated rings. The third-order valence-corrected chi connectivity index (χ3v) is 3.96. The number of H-pyrrole nitrogens is 1. The van der Waals surface area contributed by atoms with Gasteiger partial charge < -0.3 is 14.9 Å². The lowest BCUT2D eigenvalue weighted by Gasteiger charge is -2.03. The SMILES string of the molecule is CCCC[n+]1ccc(/C=C/c2ccc3[nH]ccc3c2)cc1.O=C([O-])C(F)(F)F. The molecule has 0 atom stereocenters. The highest BCUT2D eigenvalue weighted by molar-refractivity contribution is 5.83. The number of halogens is 3. The first-order chi connectivity index (χ1) is 13.3. The Hall–Kier alpha value is -3.09. The topological polar surface area (TPSA) is 59.8 Å². The van der Waals surface area contributed by atoms with Crippen LogP contribution in [0.1, 0.15) is 30.9 Å². The van der Waals surface area contributed by atoms with E-state index >= 15 is 0 Å². The predicted octanol–water partition coefficient (Wildman–Crippen LogP) is 3.72. The number of carboxylic acids is 1. The lowest BCUT2D eigenvalue weighted by molar-refractivity contribution is -0.697. The van der Waals surface area contributed by atoms with Crippen molar-refractivity contribution in [3.8, 4) is 0 Å². The Labute approximate surface area is 160 Å². The highest BCUT2D eigenvalue weighted by Crippen LogP contribution is 2.16. The minimum atomic E-state index is -5.19. The lowest BCUT2D eigenvalue weighted by atomic mass is 10.1. The maximum Gasteiger partial charge on any atom is 0.430 e. The Morgan fingerprint density at radius 3 is 2.36 bits per heavy atom. The maximum atomic E-state index is 10.5. The van der Waals surface area contributed by atoms with Crippen molar-refractivity contribution >= 4 is 29.0 Å². The van der Waals surface area contributed by atoms with Crippen molar-refractivity contribution < 1.29 is 27.6 Å². The van der Waals surface area contributed by atoms with Crippen LogP contribution in [0.15, 0.2) is 55.0 Å². The predicted molar refractivity (Wildman–Crippen MR) is 99.8 cm³/mol. The third-order valence-electron chi connectivity index (χ3n) is 3.96. The number of rotatable bonds is 5. The molecule has 3 aromatic rings. The molecule has 28 heavy (non-hydrogen) atoms. The summed E-state index contributed by atoms with van der Waals surface area (Å²) < 4.78 is 33.8. The number of benzene rings is 1. The monoisotopic (exact) mass is 390 g/mol. The first kappa shape index (κ1) is 21.2. The number of pyridine rings is 1. The van der Waals surface area contributed by atoms with Crippen LogP contribution >= 0.6 is 0 Å². The van der Waals surface area contributed by atoms with Crippen LogP contribution in [0, 0.1) is 0 Å². The molecule has 2 heterocycles. The number of hydrogen-bond acceptors (Lipinski definition) is 2. The summed E-state index contributed by atoms with van der Waals surface area (Å²) in [5.74, 6) is -3.01. The summed E-state index contributed by atoms with van der Waals surface area (Å²) in [6.45, 7) is 3.32. The van der Waals surface area contributed by atoms with Crippen molar-refractivity contribution in [3.63, 3.8) is 0 Å². The Kier molecular flexibility index (Phi) is 7.37. The van der Waals surface area contributed by atoms with Crippen LogP contribution in [0.4, 0.5) is 13.2 Å². The van der Waals surface area contributed by atoms with Gasteiger partial charge in [-0.1, -0.05) is 31.6 Å². The molecule has 0 aliphatic heterocycles. The van der Waals surface area contributed by atoms with Gasteiger partial charge in [-0.25, -0.2) is 4.57 Å². The number of unbranched alkanes of at least 4 members (excludes halogenated alkanes) is 1. The third kappa shape index (κ3) is 6.57. The average molecular weight is 390 g/mol. The van der Waals surface area contributed by atoms with Gasteiger partial charge in [0.2, 0.25) is 0 Å². The highest BCUT2D eigenvalue weighted by Gasteiger charge is 2.28. The fraction of sp³-hybridized carbons (Fsp3) is 0.238. The molecule has 1 N–H and O–H groups in total. The molecule has 0 radical (unpaired) electrons. The van der Waals surface area contributed by atoms with Crippen LogP contribution in [-0.4, -0.2) is 17.1 Å². The summed E-state index contributed by atoms with van der Waals surface area (Å²) in [5.41, 5.74) is 3.64. The number of carbonyl (C=O) groups excluding carboxylic acids is 1. The molecule has 0 saturated heterocycles. The quantitative estimate of drug-likeness (QED) is 0.675. The lowest BCUT2D eigenvalue weighted by Crippen LogP contribution is -2.37. The van der Waals surface area contributed by atoms with Crippen LogP contribution in [-0.2, 0) is 11.3 Å². The number of aryl methyl sites for hydroxylation is 1. The van der Waals surface area contributed by atoms with Crippen molar-refractivity contribution in [2.45, 2.75) is 32.5 Å². The van der Waals surface area contributed by atoms with Crippen LogP contribution in [0.5, 0.6) is 0 Å². The Bertz CT molecular complexity index is 929. The van der Waals surface area contributed by atoms with Crippen LogP contribution < -0.4 is 9.67 Å². The van der Waals surface area contributed by atoms with Crippen molar-refractivity contribution in [2.24, 2.45) is 0 Å². The standard InChI is InChI=1S/C19H20N2.C2HF3O2/c1-2-3-12-21-13-9-16(10-14-21)4-5-17-6-7-19-18(15-17)8-11-20-19;3-2(4,5)1(6)7/h4-11,13-15H,2-3,12H2,1H3;(H,6,7). The van der Waals surface area contributed by atoms with Gasteiger partial charge >= 0.3 is 6.18 Å². The van der Waals surface area contributed by atoms with Gasteiger partial charge in [-0.15, -0.1) is 0 Å². The molecule has 0 aliphatic carbocycles. The van der Waals surface area contributed by atoms with Gasteiger partial charge in [-0.05, 0) is 34.7 Å². The largest absolute Gasteiger partial charge is 0.542 e. The summed E-state index contributed by atoms with van der Waals surface area (Å²) in [6.07, 6.45) is 7.89. The molecule has 3 rings (SSSR count). The molecule has 0 unspecified atom stereocenters. The average Bonchev–Trinajstić information content (AvgIpc) is 3.13. The number of aromatic nitrogens is 2. The maximum absolute atomic E-state index is 10.5. The van der Waals surface area contributed by atoms with E-state index in [0.717, 1.165) is 6.54 Å². The second kappa shape index (κ2) is 9.73. The van der Waals surface area contributed by atoms with Gasteiger partial charge in [0.25, 0.3) is 0 Å². The number of nitrogens with zero attached hydrogens (tertiary/aromatic N) is 1. The van der Waals surface area contributed by atoms with E-state index in [9.17, 15) is 13.2 Å². The highest BCUT2D eigenvalue weighted by atomic mass is 19.4. The minimum absolute atomic E-state index is 1.10. The minimum Gasteiger partial charge on any atom is -0.542 e. The van der Waals surface area contributed by atoms with E-state index in [0.29, 0.717) is 0 Å². The van der Waals surface area contributed by atoms with E-state index in [1.807, 2.05) is 6.20 Å². The molecule has 0 amide bonds. The number of nitrogens with one attached hydrogen (secondary N) is 1. The summed E-state index contributed by atoms with van der Waals surface area (Å²) in [5, 5.41) is 10.0. The summed E-state index contributed by atoms with van der Waals surface area (Å²) in [7, 11) is 0. The number of alkyl halides is 3. The van der Waals surface area contributed by atoms with Gasteiger partial charge in [0, 0.05) is 30.3 Å². The number of hydrogen-bond donors (Lipinski definition) is 1. The van der Waals surface area contributed by atoms with E-state index in [1.54, 1.807) is 0 Å². The number of fused-ring (bicyclic) bond motifs is 1. The van der Waals surface area contributed by atoms with Crippen molar-refractivity contribution in [1.82, 2.24) is 4.98 Å². The van der Waals surface area contributed by atoms with Crippen molar-refractivity contribution in [2.75, 3.05) is 0 Å². The number of carboxylic acid groups (broad SMARTS) is 1. The van der Waals surface area contributed by atoms with Gasteiger partial charge in [0.1, 0.15) is 12.5 Å². The smallest absolute Gasteiger partial charge is 0.430 e. The zero-order valence-electron chi connectivity index (χ0n) is 15.4. The van der Waals surface area contributed by atoms with E-state index in [4.69, 9.17) is 9.90 Å². The van der Waals surface area contributed by atoms with Crippen LogP contribution in [0.25, 0.3) is 23.1 Å². The summed E-state index contributed by atoms with van der Waals surface area (Å²) >= 11 is 0. The van der Waals surface area contributed by atoms with Crippen molar-refractivity contribution in [1.29, 1.82) is 0 Å². The molecule has 4 nitrogen and oxygen atoms in total. The number of carbonyl (C=O) groups is 1. The normalized spacial score (nSPS) is 11.4. The van der Waals surface area contributed by atoms with Gasteiger partial charge in [0.05, 0.1) is 0 Å². The Morgan fingerprint density at radius 1 is 1.11 bits per heavy atom. The van der Waals surface area contributed by atoms with Crippen molar-refractivity contribution in [3.05, 3.63) is 66.1 Å². The first-order valence-electron chi connectivity index (χ1n) is 8.82. The molecule has 0 aliphatic rings. The molecular formula is C21H21F3N2O2. The summed E-state index contributed by atoms with van der Waals surface area (Å²) in [4.78, 5) is 12.0. The summed E-state index contributed by atoms with van der Waals surface area (Å²) in [6, 6.07) is 12.9. The van der Waals surface area contributed by atoms with Gasteiger partial charge in [-0.3, -0.25) is 0 Å². The molecule has 1 aromatic carbocycles. The second-order valence-electron chi connectivity index (χ2n) is 6.17. The van der Waals surface area contributed by atoms with Gasteiger partial charge in [-0.2, -0.15) is 13.2 Å². The zero-order valence-corrected chi connectivity index (χ0v) is 15.4. The van der Waals surface area contributed by atoms with E-state index in [2.05, 4.69) is 77.4 Å². The Morgan fingerprint density at radius 2 is 1.75 bits per heavy atom. The molecule has 148 valence electrons. The molecule has 0 spiro atoms. The Balaban J connectivity index is 0.000000345. The fourth-order valence-electron chi connectivity index (χ4n) is 2.44. The van der Waals surface area contributed by atoms with Crippen LogP contribution in [0.2, 0.25) is 0 Å². The second-order valence-corrected chi connectivity index (χ2v) is 6.17. The molecule has 0 saturated carbocycles. The van der Waals surface area contributed by atoms with E-state index in [1.165, 1.54) is 34.9 Å². The number of aromatic amines is 1. The molecule has 7 heteroatoms. The molecule has 0 bridgehead atoms. The molecular weight excluding hydrogens is 369 g/mol. The molecule has 2 aromatic heterocycles. The van der Waals surface area contributed by atoms with E-state index < -0.39 is 12.1 Å².